The summed E-state index contributed by atoms with van der Waals surface area (Å²) in [5, 5.41) is 11.7. The van der Waals surface area contributed by atoms with Gasteiger partial charge >= 0.3 is 0 Å². The molecular formula is C15H17O2P. The molecule has 1 N–H and O–H groups in total. The van der Waals surface area contributed by atoms with Crippen LogP contribution in [0.1, 0.15) is 13.8 Å². The highest BCUT2D eigenvalue weighted by Crippen LogP contribution is 2.16. The number of rotatable bonds is 4. The number of hydrogen-bond donors (Lipinski definition) is 1. The summed E-state index contributed by atoms with van der Waals surface area (Å²) in [5.41, 5.74) is 0. The van der Waals surface area contributed by atoms with Gasteiger partial charge < -0.3 is 9.84 Å². The summed E-state index contributed by atoms with van der Waals surface area (Å²) in [6, 6.07) is 15.5. The Bertz CT molecular complexity index is 489. The lowest BCUT2D eigenvalue weighted by atomic mass is 10.3. The molecule has 2 aromatic rings. The van der Waals surface area contributed by atoms with E-state index in [1.54, 1.807) is 12.1 Å². The van der Waals surface area contributed by atoms with Crippen molar-refractivity contribution in [3.63, 3.8) is 0 Å². The van der Waals surface area contributed by atoms with Gasteiger partial charge in [-0.2, -0.15) is 0 Å². The van der Waals surface area contributed by atoms with E-state index in [4.69, 9.17) is 4.74 Å². The molecule has 2 rings (SSSR count). The van der Waals surface area contributed by atoms with E-state index in [9.17, 15) is 5.11 Å². The maximum absolute atomic E-state index is 9.23. The van der Waals surface area contributed by atoms with Gasteiger partial charge in [0.15, 0.2) is 0 Å². The van der Waals surface area contributed by atoms with Crippen LogP contribution in [0.25, 0.3) is 0 Å². The Kier molecular flexibility index (Phi) is 4.22. The lowest BCUT2D eigenvalue weighted by Gasteiger charge is -2.10. The van der Waals surface area contributed by atoms with E-state index >= 15 is 0 Å². The molecule has 0 amide bonds. The summed E-state index contributed by atoms with van der Waals surface area (Å²) >= 11 is 0. The van der Waals surface area contributed by atoms with Crippen LogP contribution in [-0.4, -0.2) is 11.2 Å². The Morgan fingerprint density at radius 2 is 1.39 bits per heavy atom. The van der Waals surface area contributed by atoms with E-state index in [0.29, 0.717) is 14.3 Å². The summed E-state index contributed by atoms with van der Waals surface area (Å²) < 4.78 is 5.61. The predicted octanol–water partition coefficient (Wildman–Crippen LogP) is 2.81. The molecule has 0 aliphatic rings. The summed E-state index contributed by atoms with van der Waals surface area (Å²) in [7, 11) is 0.599. The van der Waals surface area contributed by atoms with Gasteiger partial charge in [-0.25, -0.2) is 0 Å². The highest BCUT2D eigenvalue weighted by Gasteiger charge is 1.99. The minimum Gasteiger partial charge on any atom is -0.508 e. The molecular weight excluding hydrogens is 243 g/mol. The van der Waals surface area contributed by atoms with Crippen LogP contribution >= 0.6 is 8.58 Å². The number of benzene rings is 2. The smallest absolute Gasteiger partial charge is 0.119 e. The van der Waals surface area contributed by atoms with Crippen molar-refractivity contribution < 1.29 is 9.84 Å². The zero-order valence-electron chi connectivity index (χ0n) is 10.6. The maximum atomic E-state index is 9.23. The number of hydrogen-bond acceptors (Lipinski definition) is 2. The lowest BCUT2D eigenvalue weighted by molar-refractivity contribution is 0.242. The van der Waals surface area contributed by atoms with Crippen molar-refractivity contribution in [1.82, 2.24) is 0 Å². The molecule has 0 bridgehead atoms. The highest BCUT2D eigenvalue weighted by molar-refractivity contribution is 7.55. The molecule has 0 saturated heterocycles. The van der Waals surface area contributed by atoms with Crippen molar-refractivity contribution in [3.8, 4) is 11.5 Å². The Morgan fingerprint density at radius 3 is 1.89 bits per heavy atom. The van der Waals surface area contributed by atoms with Crippen molar-refractivity contribution in [2.75, 3.05) is 0 Å². The fourth-order valence-corrected chi connectivity index (χ4v) is 2.60. The van der Waals surface area contributed by atoms with E-state index in [2.05, 4.69) is 12.1 Å². The van der Waals surface area contributed by atoms with Crippen LogP contribution in [0, 0.1) is 0 Å². The topological polar surface area (TPSA) is 29.5 Å². The second-order valence-corrected chi connectivity index (χ2v) is 5.77. The summed E-state index contributed by atoms with van der Waals surface area (Å²) in [6.07, 6.45) is 0.204. The van der Waals surface area contributed by atoms with Crippen molar-refractivity contribution in [3.05, 3.63) is 48.5 Å². The number of aromatic hydroxyl groups is 1. The van der Waals surface area contributed by atoms with Gasteiger partial charge in [0, 0.05) is 0 Å². The third-order valence-corrected chi connectivity index (χ3v) is 3.63. The van der Waals surface area contributed by atoms with Gasteiger partial charge in [0.2, 0.25) is 0 Å². The van der Waals surface area contributed by atoms with Crippen LogP contribution in [0.4, 0.5) is 0 Å². The van der Waals surface area contributed by atoms with Gasteiger partial charge in [0.1, 0.15) is 11.5 Å². The van der Waals surface area contributed by atoms with E-state index in [0.717, 1.165) is 5.75 Å². The van der Waals surface area contributed by atoms with Gasteiger partial charge in [-0.1, -0.05) is 32.8 Å². The number of phenolic OH excluding ortho intramolecular Hbond substituents is 1. The molecule has 0 aliphatic carbocycles. The first-order valence-corrected chi connectivity index (χ1v) is 6.96. The molecule has 2 nitrogen and oxygen atoms in total. The fraction of sp³-hybridized carbons (Fsp3) is 0.200. The first kappa shape index (κ1) is 12.9. The van der Waals surface area contributed by atoms with E-state index in [1.807, 2.05) is 38.1 Å². The molecule has 0 saturated carbocycles. The van der Waals surface area contributed by atoms with Crippen LogP contribution in [0.2, 0.25) is 0 Å². The van der Waals surface area contributed by atoms with Gasteiger partial charge in [-0.3, -0.25) is 0 Å². The minimum atomic E-state index is 0.204. The van der Waals surface area contributed by atoms with E-state index in [1.165, 1.54) is 10.6 Å². The zero-order valence-corrected chi connectivity index (χ0v) is 11.6. The average molecular weight is 260 g/mol. The Hall–Kier alpha value is -1.53. The quantitative estimate of drug-likeness (QED) is 0.857. The predicted molar refractivity (Wildman–Crippen MR) is 77.9 cm³/mol. The lowest BCUT2D eigenvalue weighted by Crippen LogP contribution is -2.07. The third kappa shape index (κ3) is 3.75. The van der Waals surface area contributed by atoms with Gasteiger partial charge in [0.25, 0.3) is 0 Å². The van der Waals surface area contributed by atoms with Crippen LogP contribution in [0.3, 0.4) is 0 Å². The second-order valence-electron chi connectivity index (χ2n) is 4.36. The molecule has 0 fully saturated rings. The Morgan fingerprint density at radius 1 is 0.889 bits per heavy atom. The first-order valence-electron chi connectivity index (χ1n) is 5.96. The van der Waals surface area contributed by atoms with E-state index < -0.39 is 0 Å². The summed E-state index contributed by atoms with van der Waals surface area (Å²) in [4.78, 5) is 0. The molecule has 1 atom stereocenters. The van der Waals surface area contributed by atoms with Crippen LogP contribution < -0.4 is 15.3 Å². The first-order chi connectivity index (χ1) is 8.63. The molecule has 0 spiro atoms. The molecule has 0 aromatic heterocycles. The number of ether oxygens (including phenoxy) is 1. The molecule has 18 heavy (non-hydrogen) atoms. The van der Waals surface area contributed by atoms with Crippen LogP contribution in [-0.2, 0) is 0 Å². The molecule has 3 heteroatoms. The molecule has 94 valence electrons. The third-order valence-electron chi connectivity index (χ3n) is 2.38. The highest BCUT2D eigenvalue weighted by atomic mass is 31.1. The molecule has 2 aromatic carbocycles. The zero-order chi connectivity index (χ0) is 13.0. The summed E-state index contributed by atoms with van der Waals surface area (Å²) in [5.74, 6) is 1.22. The van der Waals surface area contributed by atoms with Gasteiger partial charge in [-0.05, 0) is 48.7 Å². The van der Waals surface area contributed by atoms with Crippen LogP contribution in [0.15, 0.2) is 48.5 Å². The van der Waals surface area contributed by atoms with Crippen molar-refractivity contribution >= 4 is 19.2 Å². The normalized spacial score (nSPS) is 11.3. The Balaban J connectivity index is 2.04. The largest absolute Gasteiger partial charge is 0.508 e. The number of phenols is 1. The Labute approximate surface area is 109 Å². The standard InChI is InChI=1S/C15H17O2P/c1-11(2)17-13-5-9-15(10-6-13)18-14-7-3-12(16)4-8-14/h3-11,16,18H,1-2H3. The van der Waals surface area contributed by atoms with Crippen molar-refractivity contribution in [1.29, 1.82) is 0 Å². The van der Waals surface area contributed by atoms with Gasteiger partial charge in [-0.15, -0.1) is 0 Å². The summed E-state index contributed by atoms with van der Waals surface area (Å²) in [6.45, 7) is 4.04. The van der Waals surface area contributed by atoms with Gasteiger partial charge in [0.05, 0.1) is 6.10 Å². The van der Waals surface area contributed by atoms with Crippen molar-refractivity contribution in [2.45, 2.75) is 20.0 Å². The molecule has 0 aliphatic heterocycles. The van der Waals surface area contributed by atoms with Crippen molar-refractivity contribution in [2.24, 2.45) is 0 Å². The van der Waals surface area contributed by atoms with E-state index in [-0.39, 0.29) is 6.10 Å². The minimum absolute atomic E-state index is 0.204. The molecule has 1 unspecified atom stereocenters. The van der Waals surface area contributed by atoms with Crippen LogP contribution in [0.5, 0.6) is 11.5 Å². The second kappa shape index (κ2) is 5.88. The molecule has 0 heterocycles. The maximum Gasteiger partial charge on any atom is 0.119 e. The monoisotopic (exact) mass is 260 g/mol. The fourth-order valence-electron chi connectivity index (χ4n) is 1.60. The molecule has 0 radical (unpaired) electrons. The average Bonchev–Trinajstić information content (AvgIpc) is 2.34. The SMILES string of the molecule is CC(C)Oc1ccc(Pc2ccc(O)cc2)cc1.